The first-order valence-electron chi connectivity index (χ1n) is 5.55. The largest absolute Gasteiger partial charge is 0.316 e. The Hall–Kier alpha value is -0.890. The van der Waals surface area contributed by atoms with Crippen molar-refractivity contribution in [3.8, 4) is 0 Å². The van der Waals surface area contributed by atoms with Gasteiger partial charge < -0.3 is 5.32 Å². The third kappa shape index (κ3) is 3.46. The normalized spacial score (nSPS) is 15.7. The van der Waals surface area contributed by atoms with E-state index in [1.165, 1.54) is 31.4 Å². The second kappa shape index (κ2) is 5.11. The summed E-state index contributed by atoms with van der Waals surface area (Å²) in [6.45, 7) is 2.37. The maximum Gasteiger partial charge on any atom is 0.0299 e. The molecule has 0 aromatic carbocycles. The van der Waals surface area contributed by atoms with Crippen LogP contribution in [-0.2, 0) is 6.42 Å². The molecule has 1 heterocycles. The van der Waals surface area contributed by atoms with Crippen molar-refractivity contribution in [2.75, 3.05) is 13.1 Å². The Labute approximate surface area is 85.7 Å². The highest BCUT2D eigenvalue weighted by Crippen LogP contribution is 2.27. The summed E-state index contributed by atoms with van der Waals surface area (Å²) in [5.41, 5.74) is 1.35. The van der Waals surface area contributed by atoms with Crippen molar-refractivity contribution in [3.63, 3.8) is 0 Å². The minimum Gasteiger partial charge on any atom is -0.316 e. The van der Waals surface area contributed by atoms with E-state index in [9.17, 15) is 0 Å². The third-order valence-corrected chi connectivity index (χ3v) is 2.67. The van der Waals surface area contributed by atoms with E-state index in [0.29, 0.717) is 0 Å². The van der Waals surface area contributed by atoms with E-state index >= 15 is 0 Å². The number of aromatic nitrogens is 1. The summed E-state index contributed by atoms with van der Waals surface area (Å²) in [7, 11) is 0. The van der Waals surface area contributed by atoms with Gasteiger partial charge in [0.1, 0.15) is 0 Å². The van der Waals surface area contributed by atoms with E-state index in [4.69, 9.17) is 0 Å². The first-order chi connectivity index (χ1) is 6.95. The molecule has 1 fully saturated rings. The molecule has 0 atom stereocenters. The van der Waals surface area contributed by atoms with Crippen LogP contribution in [0.15, 0.2) is 24.5 Å². The summed E-state index contributed by atoms with van der Waals surface area (Å²) in [5.74, 6) is 0.994. The lowest BCUT2D eigenvalue weighted by atomic mass is 10.1. The second-order valence-corrected chi connectivity index (χ2v) is 4.11. The predicted octanol–water partition coefficient (Wildman–Crippen LogP) is 2.01. The Morgan fingerprint density at radius 2 is 2.36 bits per heavy atom. The molecule has 1 aliphatic rings. The zero-order chi connectivity index (χ0) is 9.64. The van der Waals surface area contributed by atoms with E-state index in [0.717, 1.165) is 18.9 Å². The molecule has 0 saturated heterocycles. The maximum atomic E-state index is 4.10. The first-order valence-corrected chi connectivity index (χ1v) is 5.55. The van der Waals surface area contributed by atoms with Gasteiger partial charge >= 0.3 is 0 Å². The van der Waals surface area contributed by atoms with Gasteiger partial charge in [-0.15, -0.1) is 0 Å². The molecule has 1 aromatic heterocycles. The Kier molecular flexibility index (Phi) is 3.52. The Morgan fingerprint density at radius 3 is 3.07 bits per heavy atom. The standard InChI is InChI=1S/C12H18N2/c1-3-11(9-13-7-1)4-2-8-14-10-12-5-6-12/h1,3,7,9,12,14H,2,4-6,8,10H2. The van der Waals surface area contributed by atoms with Crippen LogP contribution in [0.25, 0.3) is 0 Å². The van der Waals surface area contributed by atoms with E-state index < -0.39 is 0 Å². The summed E-state index contributed by atoms with van der Waals surface area (Å²) in [5, 5.41) is 3.50. The molecule has 2 heteroatoms. The zero-order valence-corrected chi connectivity index (χ0v) is 8.58. The molecule has 1 N–H and O–H groups in total. The lowest BCUT2D eigenvalue weighted by Gasteiger charge is -2.03. The number of rotatable bonds is 6. The van der Waals surface area contributed by atoms with E-state index in [2.05, 4.69) is 16.4 Å². The number of hydrogen-bond donors (Lipinski definition) is 1. The number of nitrogens with zero attached hydrogens (tertiary/aromatic N) is 1. The smallest absolute Gasteiger partial charge is 0.0299 e. The third-order valence-electron chi connectivity index (χ3n) is 2.67. The highest BCUT2D eigenvalue weighted by molar-refractivity contribution is 5.08. The number of aryl methyl sites for hydroxylation is 1. The molecule has 2 nitrogen and oxygen atoms in total. The molecule has 14 heavy (non-hydrogen) atoms. The lowest BCUT2D eigenvalue weighted by Crippen LogP contribution is -2.18. The van der Waals surface area contributed by atoms with Gasteiger partial charge in [0.2, 0.25) is 0 Å². The summed E-state index contributed by atoms with van der Waals surface area (Å²) in [6, 6.07) is 4.15. The summed E-state index contributed by atoms with van der Waals surface area (Å²) < 4.78 is 0. The van der Waals surface area contributed by atoms with Crippen LogP contribution in [0.1, 0.15) is 24.8 Å². The predicted molar refractivity (Wildman–Crippen MR) is 58.2 cm³/mol. The van der Waals surface area contributed by atoms with Crippen molar-refractivity contribution in [3.05, 3.63) is 30.1 Å². The molecular formula is C12H18N2. The maximum absolute atomic E-state index is 4.10. The molecule has 0 bridgehead atoms. The van der Waals surface area contributed by atoms with Gasteiger partial charge in [0.25, 0.3) is 0 Å². The first kappa shape index (κ1) is 9.66. The summed E-state index contributed by atoms with van der Waals surface area (Å²) in [6.07, 6.45) is 9.03. The van der Waals surface area contributed by atoms with Gasteiger partial charge in [0.15, 0.2) is 0 Å². The van der Waals surface area contributed by atoms with Crippen LogP contribution in [-0.4, -0.2) is 18.1 Å². The lowest BCUT2D eigenvalue weighted by molar-refractivity contribution is 0.613. The average molecular weight is 190 g/mol. The Morgan fingerprint density at radius 1 is 1.43 bits per heavy atom. The van der Waals surface area contributed by atoms with Gasteiger partial charge in [-0.3, -0.25) is 4.98 Å². The summed E-state index contributed by atoms with van der Waals surface area (Å²) >= 11 is 0. The van der Waals surface area contributed by atoms with Crippen molar-refractivity contribution < 1.29 is 0 Å². The van der Waals surface area contributed by atoms with Crippen LogP contribution in [0.2, 0.25) is 0 Å². The van der Waals surface area contributed by atoms with E-state index in [1.54, 1.807) is 0 Å². The molecule has 2 rings (SSSR count). The van der Waals surface area contributed by atoms with Crippen LogP contribution in [0.4, 0.5) is 0 Å². The monoisotopic (exact) mass is 190 g/mol. The van der Waals surface area contributed by atoms with Crippen LogP contribution >= 0.6 is 0 Å². The molecule has 1 aromatic rings. The van der Waals surface area contributed by atoms with Crippen molar-refractivity contribution >= 4 is 0 Å². The van der Waals surface area contributed by atoms with Crippen LogP contribution in [0.3, 0.4) is 0 Å². The fourth-order valence-corrected chi connectivity index (χ4v) is 1.59. The molecule has 0 spiro atoms. The van der Waals surface area contributed by atoms with Crippen LogP contribution in [0.5, 0.6) is 0 Å². The minimum atomic E-state index is 0.994. The van der Waals surface area contributed by atoms with Gasteiger partial charge in [-0.1, -0.05) is 6.07 Å². The highest BCUT2D eigenvalue weighted by atomic mass is 14.9. The van der Waals surface area contributed by atoms with Crippen LogP contribution in [0, 0.1) is 5.92 Å². The Balaban J connectivity index is 1.54. The molecule has 1 saturated carbocycles. The SMILES string of the molecule is c1cncc(CCCNCC2CC2)c1. The average Bonchev–Trinajstić information content (AvgIpc) is 3.03. The quantitative estimate of drug-likeness (QED) is 0.694. The molecule has 0 amide bonds. The molecular weight excluding hydrogens is 172 g/mol. The van der Waals surface area contributed by atoms with Crippen molar-refractivity contribution in [2.24, 2.45) is 5.92 Å². The van der Waals surface area contributed by atoms with Gasteiger partial charge in [-0.25, -0.2) is 0 Å². The second-order valence-electron chi connectivity index (χ2n) is 4.11. The molecule has 0 aliphatic heterocycles. The summed E-state index contributed by atoms with van der Waals surface area (Å²) in [4.78, 5) is 4.10. The van der Waals surface area contributed by atoms with Gasteiger partial charge in [0.05, 0.1) is 0 Å². The fraction of sp³-hybridized carbons (Fsp3) is 0.583. The number of pyridine rings is 1. The fourth-order valence-electron chi connectivity index (χ4n) is 1.59. The zero-order valence-electron chi connectivity index (χ0n) is 8.58. The van der Waals surface area contributed by atoms with Gasteiger partial charge in [-0.2, -0.15) is 0 Å². The molecule has 0 unspecified atom stereocenters. The van der Waals surface area contributed by atoms with Crippen molar-refractivity contribution in [1.82, 2.24) is 10.3 Å². The highest BCUT2D eigenvalue weighted by Gasteiger charge is 2.19. The van der Waals surface area contributed by atoms with E-state index in [1.807, 2.05) is 18.5 Å². The molecule has 76 valence electrons. The molecule has 0 radical (unpaired) electrons. The van der Waals surface area contributed by atoms with Gasteiger partial charge in [-0.05, 0) is 56.3 Å². The van der Waals surface area contributed by atoms with E-state index in [-0.39, 0.29) is 0 Å². The van der Waals surface area contributed by atoms with Gasteiger partial charge in [0, 0.05) is 12.4 Å². The molecule has 1 aliphatic carbocycles. The minimum absolute atomic E-state index is 0.994. The van der Waals surface area contributed by atoms with Crippen molar-refractivity contribution in [1.29, 1.82) is 0 Å². The Bertz CT molecular complexity index is 254. The topological polar surface area (TPSA) is 24.9 Å². The van der Waals surface area contributed by atoms with Crippen LogP contribution < -0.4 is 5.32 Å². The van der Waals surface area contributed by atoms with Crippen molar-refractivity contribution in [2.45, 2.75) is 25.7 Å². The number of hydrogen-bond acceptors (Lipinski definition) is 2. The number of nitrogens with one attached hydrogen (secondary N) is 1.